The van der Waals surface area contributed by atoms with Crippen LogP contribution in [-0.2, 0) is 4.79 Å². The first-order chi connectivity index (χ1) is 38.7. The molecule has 1 amide bonds. The van der Waals surface area contributed by atoms with Crippen molar-refractivity contribution in [2.75, 3.05) is 6.61 Å². The summed E-state index contributed by atoms with van der Waals surface area (Å²) in [4.78, 5) is 12.6. The summed E-state index contributed by atoms with van der Waals surface area (Å²) >= 11 is 0. The third-order valence-corrected chi connectivity index (χ3v) is 16.9. The van der Waals surface area contributed by atoms with Crippen molar-refractivity contribution in [3.8, 4) is 0 Å². The van der Waals surface area contributed by atoms with Crippen LogP contribution in [0, 0.1) is 0 Å². The molecule has 0 aliphatic heterocycles. The Morgan fingerprint density at radius 1 is 0.321 bits per heavy atom. The van der Waals surface area contributed by atoms with Crippen LogP contribution in [0.4, 0.5) is 0 Å². The molecule has 0 heterocycles. The van der Waals surface area contributed by atoms with Gasteiger partial charge in [-0.05, 0) is 51.4 Å². The van der Waals surface area contributed by atoms with Crippen LogP contribution in [0.3, 0.4) is 0 Å². The van der Waals surface area contributed by atoms with Crippen molar-refractivity contribution in [2.45, 2.75) is 411 Å². The lowest BCUT2D eigenvalue weighted by Crippen LogP contribution is -2.45. The third kappa shape index (κ3) is 65.2. The maximum absolute atomic E-state index is 12.6. The van der Waals surface area contributed by atoms with Gasteiger partial charge in [-0.15, -0.1) is 0 Å². The van der Waals surface area contributed by atoms with Crippen molar-refractivity contribution in [3.05, 3.63) is 48.6 Å². The van der Waals surface area contributed by atoms with E-state index in [-0.39, 0.29) is 12.5 Å². The number of amides is 1. The van der Waals surface area contributed by atoms with E-state index in [1.165, 1.54) is 321 Å². The lowest BCUT2D eigenvalue weighted by Gasteiger charge is -2.22. The largest absolute Gasteiger partial charge is 0.394 e. The molecule has 0 aliphatic rings. The topological polar surface area (TPSA) is 69.6 Å². The minimum Gasteiger partial charge on any atom is -0.394 e. The number of allylic oxidation sites excluding steroid dienone is 8. The fraction of sp³-hybridized carbons (Fsp3) is 0.878. The Morgan fingerprint density at radius 2 is 0.564 bits per heavy atom. The SMILES string of the molecule is CC/C=C\C/C=C\C/C=C\C/C=C\CCCCCCCCCCCCCCCCCCCCCCCCCCC(=O)NC(CO)C(O)CCCCCCCCCCCCCCCCCCCCCCCCCCCCCCC. The van der Waals surface area contributed by atoms with Crippen LogP contribution >= 0.6 is 0 Å². The highest BCUT2D eigenvalue weighted by Gasteiger charge is 2.20. The highest BCUT2D eigenvalue weighted by molar-refractivity contribution is 5.76. The number of aliphatic hydroxyl groups excluding tert-OH is 2. The normalized spacial score (nSPS) is 12.9. The second kappa shape index (κ2) is 69.6. The summed E-state index contributed by atoms with van der Waals surface area (Å²) in [5.74, 6) is -0.0223. The number of hydrogen-bond acceptors (Lipinski definition) is 3. The number of aliphatic hydroxyl groups is 2. The molecule has 0 bridgehead atoms. The predicted molar refractivity (Wildman–Crippen MR) is 350 cm³/mol. The standard InChI is InChI=1S/C74H141NO3/c1-3-5-7-9-11-13-15-17-19-21-23-25-27-29-31-33-34-35-36-37-38-39-40-42-44-46-48-50-52-54-56-58-60-62-64-66-68-70-74(78)75-72(71-76)73(77)69-67-65-63-61-59-57-55-53-51-49-47-45-43-41-32-30-28-26-24-22-20-18-16-14-12-10-8-6-4-2/h5,7,11,13,17,19,23,25,72-73,76-77H,3-4,6,8-10,12,14-16,18,20-22,24,26-71H2,1-2H3,(H,75,78)/b7-5-,13-11-,19-17-,25-23-. The first-order valence-corrected chi connectivity index (χ1v) is 35.8. The molecule has 0 fully saturated rings. The zero-order valence-corrected chi connectivity index (χ0v) is 53.2. The molecule has 2 atom stereocenters. The smallest absolute Gasteiger partial charge is 0.220 e. The summed E-state index contributed by atoms with van der Waals surface area (Å²) in [7, 11) is 0. The van der Waals surface area contributed by atoms with Gasteiger partial charge in [-0.25, -0.2) is 0 Å². The average Bonchev–Trinajstić information content (AvgIpc) is 3.44. The zero-order valence-electron chi connectivity index (χ0n) is 53.2. The van der Waals surface area contributed by atoms with Gasteiger partial charge >= 0.3 is 0 Å². The monoisotopic (exact) mass is 1090 g/mol. The summed E-state index contributed by atoms with van der Waals surface area (Å²) in [6.07, 6.45) is 97.5. The van der Waals surface area contributed by atoms with Crippen LogP contribution in [0.25, 0.3) is 0 Å². The molecule has 0 aromatic carbocycles. The second-order valence-electron chi connectivity index (χ2n) is 24.6. The lowest BCUT2D eigenvalue weighted by atomic mass is 10.0. The summed E-state index contributed by atoms with van der Waals surface area (Å²) in [6, 6.07) is -0.537. The predicted octanol–water partition coefficient (Wildman–Crippen LogP) is 24.5. The quantitative estimate of drug-likeness (QED) is 0.0420. The summed E-state index contributed by atoms with van der Waals surface area (Å²) in [6.45, 7) is 4.29. The van der Waals surface area contributed by atoms with E-state index in [1.807, 2.05) is 0 Å². The van der Waals surface area contributed by atoms with Gasteiger partial charge in [0, 0.05) is 6.42 Å². The van der Waals surface area contributed by atoms with Gasteiger partial charge in [-0.1, -0.05) is 390 Å². The van der Waals surface area contributed by atoms with E-state index in [2.05, 4.69) is 67.8 Å². The fourth-order valence-corrected chi connectivity index (χ4v) is 11.5. The molecular weight excluding hydrogens is 951 g/mol. The van der Waals surface area contributed by atoms with Crippen molar-refractivity contribution >= 4 is 5.91 Å². The number of carbonyl (C=O) groups is 1. The molecule has 2 unspecified atom stereocenters. The van der Waals surface area contributed by atoms with Crippen LogP contribution in [0.2, 0.25) is 0 Å². The maximum Gasteiger partial charge on any atom is 0.220 e. The van der Waals surface area contributed by atoms with Crippen molar-refractivity contribution in [1.29, 1.82) is 0 Å². The van der Waals surface area contributed by atoms with Gasteiger partial charge in [0.1, 0.15) is 0 Å². The van der Waals surface area contributed by atoms with Gasteiger partial charge < -0.3 is 15.5 Å². The Balaban J connectivity index is 3.38. The van der Waals surface area contributed by atoms with E-state index >= 15 is 0 Å². The Hall–Kier alpha value is -1.65. The highest BCUT2D eigenvalue weighted by Crippen LogP contribution is 2.20. The molecule has 0 aliphatic carbocycles. The Bertz CT molecular complexity index is 1240. The number of hydrogen-bond donors (Lipinski definition) is 3. The highest BCUT2D eigenvalue weighted by atomic mass is 16.3. The first kappa shape index (κ1) is 76.3. The second-order valence-corrected chi connectivity index (χ2v) is 24.6. The van der Waals surface area contributed by atoms with Gasteiger partial charge in [0.05, 0.1) is 18.8 Å². The molecule has 4 heteroatoms. The van der Waals surface area contributed by atoms with Gasteiger partial charge in [0.25, 0.3) is 0 Å². The summed E-state index contributed by atoms with van der Waals surface area (Å²) in [5, 5.41) is 23.5. The van der Waals surface area contributed by atoms with Crippen LogP contribution in [0.15, 0.2) is 48.6 Å². The zero-order chi connectivity index (χ0) is 56.2. The van der Waals surface area contributed by atoms with E-state index < -0.39 is 12.1 Å². The van der Waals surface area contributed by atoms with E-state index in [1.54, 1.807) is 0 Å². The van der Waals surface area contributed by atoms with E-state index in [4.69, 9.17) is 0 Å². The molecule has 0 saturated carbocycles. The summed E-state index contributed by atoms with van der Waals surface area (Å²) < 4.78 is 0. The van der Waals surface area contributed by atoms with Crippen LogP contribution in [0.1, 0.15) is 399 Å². The Morgan fingerprint density at radius 3 is 0.846 bits per heavy atom. The summed E-state index contributed by atoms with van der Waals surface area (Å²) in [5.41, 5.74) is 0. The van der Waals surface area contributed by atoms with Gasteiger partial charge in [-0.2, -0.15) is 0 Å². The lowest BCUT2D eigenvalue weighted by molar-refractivity contribution is -0.123. The average molecular weight is 1090 g/mol. The molecule has 0 spiro atoms. The number of rotatable bonds is 67. The van der Waals surface area contributed by atoms with Gasteiger partial charge in [0.2, 0.25) is 5.91 Å². The number of unbranched alkanes of at least 4 members (excludes halogenated alkanes) is 52. The molecule has 3 N–H and O–H groups in total. The van der Waals surface area contributed by atoms with Crippen molar-refractivity contribution < 1.29 is 15.0 Å². The number of nitrogens with one attached hydrogen (secondary N) is 1. The van der Waals surface area contributed by atoms with Gasteiger partial charge in [0.15, 0.2) is 0 Å². The molecule has 0 saturated heterocycles. The molecule has 0 aromatic rings. The van der Waals surface area contributed by atoms with E-state index in [9.17, 15) is 15.0 Å². The van der Waals surface area contributed by atoms with E-state index in [0.29, 0.717) is 12.8 Å². The fourth-order valence-electron chi connectivity index (χ4n) is 11.5. The molecule has 460 valence electrons. The molecule has 4 nitrogen and oxygen atoms in total. The van der Waals surface area contributed by atoms with Crippen molar-refractivity contribution in [2.24, 2.45) is 0 Å². The maximum atomic E-state index is 12.6. The molecule has 0 aromatic heterocycles. The minimum atomic E-state index is -0.660. The van der Waals surface area contributed by atoms with Crippen LogP contribution < -0.4 is 5.32 Å². The molecule has 78 heavy (non-hydrogen) atoms. The van der Waals surface area contributed by atoms with E-state index in [0.717, 1.165) is 51.4 Å². The first-order valence-electron chi connectivity index (χ1n) is 35.8. The number of carbonyl (C=O) groups excluding carboxylic acids is 1. The minimum absolute atomic E-state index is 0.0223. The molecule has 0 radical (unpaired) electrons. The Kier molecular flexibility index (Phi) is 68.1. The molecule has 0 rings (SSSR count). The van der Waals surface area contributed by atoms with Crippen LogP contribution in [0.5, 0.6) is 0 Å². The third-order valence-electron chi connectivity index (χ3n) is 16.9. The van der Waals surface area contributed by atoms with Crippen LogP contribution in [-0.4, -0.2) is 34.9 Å². The van der Waals surface area contributed by atoms with Gasteiger partial charge in [-0.3, -0.25) is 4.79 Å². The Labute approximate surface area is 490 Å². The molecular formula is C74H141NO3. The van der Waals surface area contributed by atoms with Crippen molar-refractivity contribution in [3.63, 3.8) is 0 Å². The van der Waals surface area contributed by atoms with Crippen molar-refractivity contribution in [1.82, 2.24) is 5.32 Å².